The van der Waals surface area contributed by atoms with Gasteiger partial charge in [-0.15, -0.1) is 11.8 Å². The number of phenols is 1. The third kappa shape index (κ3) is 27.6. The number of H-pyrrole nitrogens is 1. The molecule has 4 fully saturated rings. The van der Waals surface area contributed by atoms with Gasteiger partial charge in [0.25, 0.3) is 0 Å². The molecule has 16 N–H and O–H groups in total. The molecular formula is C94H125N17O18S. The molecule has 1 aromatic heterocycles. The van der Waals surface area contributed by atoms with E-state index in [4.69, 9.17) is 16.2 Å². The van der Waals surface area contributed by atoms with Gasteiger partial charge in [0.15, 0.2) is 0 Å². The minimum absolute atomic E-state index is 0.00768. The van der Waals surface area contributed by atoms with Crippen LogP contribution in [-0.2, 0) is 109 Å². The van der Waals surface area contributed by atoms with Crippen molar-refractivity contribution in [3.05, 3.63) is 174 Å². The van der Waals surface area contributed by atoms with Crippen LogP contribution in [0.2, 0.25) is 0 Å². The Morgan fingerprint density at radius 3 is 1.70 bits per heavy atom. The van der Waals surface area contributed by atoms with Crippen molar-refractivity contribution in [1.82, 2.24) is 77.3 Å². The van der Waals surface area contributed by atoms with Crippen LogP contribution in [0.5, 0.6) is 5.75 Å². The first-order valence-electron chi connectivity index (χ1n) is 44.7. The number of nitrogens with zero attached hydrogens (tertiary/aromatic N) is 5. The van der Waals surface area contributed by atoms with Crippen LogP contribution in [0.1, 0.15) is 133 Å². The van der Waals surface area contributed by atoms with Crippen LogP contribution >= 0.6 is 11.8 Å². The van der Waals surface area contributed by atoms with E-state index in [9.17, 15) is 39.0 Å². The Balaban J connectivity index is 1.02. The fourth-order valence-corrected chi connectivity index (χ4v) is 17.9. The van der Waals surface area contributed by atoms with Crippen LogP contribution in [0.4, 0.5) is 0 Å². The van der Waals surface area contributed by atoms with E-state index in [0.29, 0.717) is 66.5 Å². The topological polar surface area (TPSA) is 501 Å². The molecule has 0 saturated carbocycles. The van der Waals surface area contributed by atoms with Crippen molar-refractivity contribution in [3.8, 4) is 5.75 Å². The number of primary amides is 1. The monoisotopic (exact) mass is 1810 g/mol. The molecule has 4 aliphatic rings. The molecule has 0 aliphatic carbocycles. The number of hydrogen-bond donors (Lipinski definition) is 14. The van der Waals surface area contributed by atoms with Crippen molar-refractivity contribution in [1.29, 1.82) is 0 Å². The molecule has 10 rings (SSSR count). The molecular weight excluding hydrogens is 1690 g/mol. The lowest BCUT2D eigenvalue weighted by Crippen LogP contribution is -2.61. The highest BCUT2D eigenvalue weighted by atomic mass is 32.2. The van der Waals surface area contributed by atoms with Crippen LogP contribution in [0.25, 0.3) is 10.9 Å². The van der Waals surface area contributed by atoms with E-state index >= 15 is 43.2 Å². The molecule has 0 bridgehead atoms. The summed E-state index contributed by atoms with van der Waals surface area (Å²) in [6, 6.07) is 22.1. The number of epoxide rings is 1. The van der Waals surface area contributed by atoms with Crippen molar-refractivity contribution in [2.75, 3.05) is 58.8 Å². The largest absolute Gasteiger partial charge is 0.508 e. The zero-order chi connectivity index (χ0) is 94.0. The number of unbranched alkanes of at least 4 members (excludes halogenated alkanes) is 1. The summed E-state index contributed by atoms with van der Waals surface area (Å²) in [6.45, 7) is 8.61. The van der Waals surface area contributed by atoms with Crippen molar-refractivity contribution in [3.63, 3.8) is 0 Å². The number of para-hydroxylation sites is 1. The second-order valence-electron chi connectivity index (χ2n) is 34.7. The number of carboxylic acid groups (broad SMARTS) is 1. The van der Waals surface area contributed by atoms with Crippen LogP contribution in [0.3, 0.4) is 0 Å². The number of aliphatic carboxylic acids is 1. The molecule has 6 aromatic rings. The van der Waals surface area contributed by atoms with Gasteiger partial charge < -0.3 is 98.9 Å². The number of benzene rings is 5. The van der Waals surface area contributed by atoms with E-state index in [0.717, 1.165) is 22.7 Å². The van der Waals surface area contributed by atoms with Gasteiger partial charge in [-0.1, -0.05) is 169 Å². The highest BCUT2D eigenvalue weighted by Crippen LogP contribution is 2.37. The first-order valence-corrected chi connectivity index (χ1v) is 45.8. The van der Waals surface area contributed by atoms with Gasteiger partial charge in [0, 0.05) is 89.2 Å². The summed E-state index contributed by atoms with van der Waals surface area (Å²) in [7, 11) is 4.23. The lowest BCUT2D eigenvalue weighted by molar-refractivity contribution is -0.152. The van der Waals surface area contributed by atoms with Gasteiger partial charge in [0.1, 0.15) is 84.5 Å². The molecule has 700 valence electrons. The Bertz CT molecular complexity index is 4930. The molecule has 4 saturated heterocycles. The van der Waals surface area contributed by atoms with Crippen LogP contribution in [0, 0.1) is 11.8 Å². The number of thioether (sulfide) groups is 1. The summed E-state index contributed by atoms with van der Waals surface area (Å²) < 4.78 is 6.49. The number of carbonyl (C=O) groups is 15. The number of nitrogens with one attached hydrogen (secondary N) is 10. The molecule has 5 unspecified atom stereocenters. The number of nitrogens with two attached hydrogens (primary N) is 2. The van der Waals surface area contributed by atoms with Gasteiger partial charge in [0.2, 0.25) is 82.7 Å². The third-order valence-corrected chi connectivity index (χ3v) is 25.3. The second-order valence-corrected chi connectivity index (χ2v) is 35.8. The number of fused-ring (bicyclic) bond motifs is 5. The zero-order valence-electron chi connectivity index (χ0n) is 75.0. The zero-order valence-corrected chi connectivity index (χ0v) is 75.8. The lowest BCUT2D eigenvalue weighted by Gasteiger charge is -2.38. The summed E-state index contributed by atoms with van der Waals surface area (Å²) in [4.78, 5) is 232. The first kappa shape index (κ1) is 99.9. The Hall–Kier alpha value is -12.3. The van der Waals surface area contributed by atoms with E-state index < -0.39 is 204 Å². The summed E-state index contributed by atoms with van der Waals surface area (Å²) in [5, 5.41) is 46.7. The molecule has 5 aromatic carbocycles. The molecule has 35 nitrogen and oxygen atoms in total. The second kappa shape index (κ2) is 47.9. The summed E-state index contributed by atoms with van der Waals surface area (Å²) >= 11 is 0.860. The van der Waals surface area contributed by atoms with E-state index in [1.54, 1.807) is 137 Å². The number of hydrogen-bond acceptors (Lipinski definition) is 20. The Morgan fingerprint density at radius 1 is 0.538 bits per heavy atom. The lowest BCUT2D eigenvalue weighted by atomic mass is 9.98. The average Bonchev–Trinajstić information content (AvgIpc) is 1.61. The maximum atomic E-state index is 15.7. The average molecular weight is 1810 g/mol. The van der Waals surface area contributed by atoms with E-state index in [1.807, 2.05) is 36.1 Å². The summed E-state index contributed by atoms with van der Waals surface area (Å²) in [6.07, 6.45) is 1.38. The van der Waals surface area contributed by atoms with Gasteiger partial charge in [-0.3, -0.25) is 76.8 Å². The highest BCUT2D eigenvalue weighted by molar-refractivity contribution is 8.00. The molecule has 14 amide bonds. The number of carboxylic acids is 1. The minimum Gasteiger partial charge on any atom is -0.508 e. The number of aromatic amines is 1. The normalized spacial score (nSPS) is 25.5. The van der Waals surface area contributed by atoms with Gasteiger partial charge in [-0.25, -0.2) is 0 Å². The van der Waals surface area contributed by atoms with E-state index in [-0.39, 0.29) is 94.7 Å². The Labute approximate surface area is 761 Å². The third-order valence-electron chi connectivity index (χ3n) is 24.2. The van der Waals surface area contributed by atoms with Crippen molar-refractivity contribution >= 4 is 111 Å². The van der Waals surface area contributed by atoms with Gasteiger partial charge in [0.05, 0.1) is 30.8 Å². The van der Waals surface area contributed by atoms with Crippen molar-refractivity contribution in [2.24, 2.45) is 23.3 Å². The molecule has 0 spiro atoms. The number of amides is 14. The number of phenolic OH excluding ortho intramolecular Hbond substituents is 1. The highest BCUT2D eigenvalue weighted by Gasteiger charge is 2.54. The summed E-state index contributed by atoms with van der Waals surface area (Å²) in [5.41, 5.74) is 15.3. The number of likely N-dealkylation sites (N-methyl/N-ethyl adjacent to an activating group) is 3. The molecule has 36 heteroatoms. The standard InChI is InChI=1S/C94H125N17O18S/c1-9-10-34-74-92(127)110-42-23-35-72(110)87(122)104-69(50-79(115)116)86(121)106-80(56(4)5)93(128)108(7)75(47-58-27-16-12-17-28-58)89(124)100-65(33-22-41-95)81-94(129-81)111-43-24-36-73(111)88(123)103-68(49-61-51-97-64-32-21-20-31-63(61)64)85(120)102-67(45-60-37-39-62(112)40-38-60)84(119)101-66(44-55(2)3)83(118)105-71(82(117)98-52-77(96)113)53-130-54-78(114)99-70(46-57-25-14-11-15-26-57)90(125)109(8)76(91(126)107(74)6)48-59-29-18-13-19-30-59/h11-21,25-32,37-40,51,55-56,65-76,80-81,94,97,112H,9-10,22-24,33-36,41-50,52-54,95H2,1-8H3,(H2,96,113)(H,98,117)(H,99,114)(H,100,124)(H,101,119)(H,102,120)(H,103,123)(H,104,122)(H,105,118)(H,106,121)(H,115,116)/t65-,66-,67-,68-,69-,70-,71-,72+,73?,74-,75?,76?,80-,81?,94?/m0/s1. The minimum atomic E-state index is -1.83. The van der Waals surface area contributed by atoms with Crippen molar-refractivity contribution in [2.45, 2.75) is 228 Å². The quantitative estimate of drug-likeness (QED) is 0.0387. The number of ether oxygens (including phenoxy) is 1. The molecule has 0 radical (unpaired) electrons. The predicted molar refractivity (Wildman–Crippen MR) is 486 cm³/mol. The Kier molecular flexibility index (Phi) is 36.8. The van der Waals surface area contributed by atoms with E-state index in [2.05, 4.69) is 52.8 Å². The predicted octanol–water partition coefficient (Wildman–Crippen LogP) is 2.38. The summed E-state index contributed by atoms with van der Waals surface area (Å²) in [5.74, 6) is -14.6. The molecule has 5 heterocycles. The fourth-order valence-electron chi connectivity index (χ4n) is 17.0. The Morgan fingerprint density at radius 2 is 1.08 bits per heavy atom. The molecule has 130 heavy (non-hydrogen) atoms. The van der Waals surface area contributed by atoms with Gasteiger partial charge in [-0.2, -0.15) is 0 Å². The van der Waals surface area contributed by atoms with Gasteiger partial charge >= 0.3 is 5.97 Å². The van der Waals surface area contributed by atoms with Crippen LogP contribution in [-0.4, -0.2) is 278 Å². The maximum Gasteiger partial charge on any atom is 0.305 e. The van der Waals surface area contributed by atoms with E-state index in [1.165, 1.54) is 52.9 Å². The number of aromatic hydroxyl groups is 1. The number of rotatable bonds is 24. The van der Waals surface area contributed by atoms with Crippen LogP contribution < -0.4 is 59.3 Å². The number of aromatic nitrogens is 1. The van der Waals surface area contributed by atoms with Gasteiger partial charge in [-0.05, 0) is 116 Å². The number of carbonyl (C=O) groups excluding carboxylic acids is 14. The first-order chi connectivity index (χ1) is 62.2. The molecule has 4 aliphatic heterocycles. The maximum absolute atomic E-state index is 15.7. The smallest absolute Gasteiger partial charge is 0.305 e. The molecule has 15 atom stereocenters. The SMILES string of the molecule is CCCC[C@H]1C(=O)N2CCC[C@@H]2C(=O)N[C@@H](CC(=O)O)C(=O)N[C@@H](C(C)C)C(=O)N(C)C(Cc2ccccc2)C(=O)N[C@@H](CCCN)C2OC2N2CCCC2C(=O)N[C@@H](Cc2c[nH]c3ccccc23)C(=O)N[C@@H](Cc2ccc(O)cc2)C(=O)N[C@@H](CC(C)C)C(=O)N[C@H](C(=O)NCC(N)=O)CSCC(=O)N[C@@H](Cc2ccccc2)C(=O)N(C)C(Cc2ccccc2)C(=O)N1C. The van der Waals surface area contributed by atoms with Crippen LogP contribution in [0.15, 0.2) is 146 Å². The fraction of sp³-hybridized carbons (Fsp3) is 0.500. The van der Waals surface area contributed by atoms with Crippen molar-refractivity contribution < 1.29 is 86.9 Å².